The lowest BCUT2D eigenvalue weighted by atomic mass is 10.2. The molecule has 0 radical (unpaired) electrons. The molecule has 2 N–H and O–H groups in total. The van der Waals surface area contributed by atoms with Gasteiger partial charge in [0, 0.05) is 31.5 Å². The molecule has 2 unspecified atom stereocenters. The molecule has 0 spiro atoms. The standard InChI is InChI=1S/C13H19N3O2/c1-11(5-8-16-7-3-6-15-16)14-10-12(17)13-4-2-9-18-13/h2-4,6-7,9,11-12,14,17H,5,8,10H2,1H3. The topological polar surface area (TPSA) is 63.2 Å². The van der Waals surface area contributed by atoms with Crippen molar-refractivity contribution >= 4 is 0 Å². The van der Waals surface area contributed by atoms with Crippen LogP contribution in [0.25, 0.3) is 0 Å². The maximum atomic E-state index is 9.84. The van der Waals surface area contributed by atoms with E-state index in [1.807, 2.05) is 16.9 Å². The number of furan rings is 1. The van der Waals surface area contributed by atoms with E-state index in [2.05, 4.69) is 17.3 Å². The fourth-order valence-electron chi connectivity index (χ4n) is 1.75. The van der Waals surface area contributed by atoms with Gasteiger partial charge < -0.3 is 14.8 Å². The van der Waals surface area contributed by atoms with Gasteiger partial charge in [-0.15, -0.1) is 0 Å². The normalized spacial score (nSPS) is 14.6. The van der Waals surface area contributed by atoms with Crippen LogP contribution in [0, 0.1) is 0 Å². The van der Waals surface area contributed by atoms with E-state index < -0.39 is 6.10 Å². The van der Waals surface area contributed by atoms with Crippen molar-refractivity contribution in [1.29, 1.82) is 0 Å². The van der Waals surface area contributed by atoms with Gasteiger partial charge in [0.25, 0.3) is 0 Å². The van der Waals surface area contributed by atoms with Crippen LogP contribution in [0.2, 0.25) is 0 Å². The molecule has 5 nitrogen and oxygen atoms in total. The van der Waals surface area contributed by atoms with Gasteiger partial charge in [-0.05, 0) is 31.5 Å². The van der Waals surface area contributed by atoms with Crippen molar-refractivity contribution in [3.05, 3.63) is 42.6 Å². The van der Waals surface area contributed by atoms with Crippen LogP contribution in [0.15, 0.2) is 41.3 Å². The van der Waals surface area contributed by atoms with Crippen LogP contribution >= 0.6 is 0 Å². The van der Waals surface area contributed by atoms with Gasteiger partial charge >= 0.3 is 0 Å². The third kappa shape index (κ3) is 3.72. The lowest BCUT2D eigenvalue weighted by Gasteiger charge is -2.16. The van der Waals surface area contributed by atoms with Crippen LogP contribution in [0.4, 0.5) is 0 Å². The van der Waals surface area contributed by atoms with E-state index in [1.165, 1.54) is 0 Å². The van der Waals surface area contributed by atoms with E-state index in [-0.39, 0.29) is 0 Å². The summed E-state index contributed by atoms with van der Waals surface area (Å²) in [5.74, 6) is 0.599. The lowest BCUT2D eigenvalue weighted by molar-refractivity contribution is 0.143. The zero-order chi connectivity index (χ0) is 12.8. The van der Waals surface area contributed by atoms with Gasteiger partial charge in [0.1, 0.15) is 11.9 Å². The predicted molar refractivity (Wildman–Crippen MR) is 68.0 cm³/mol. The van der Waals surface area contributed by atoms with E-state index >= 15 is 0 Å². The Bertz CT molecular complexity index is 425. The van der Waals surface area contributed by atoms with E-state index in [1.54, 1.807) is 24.6 Å². The SMILES string of the molecule is CC(CCn1cccn1)NCC(O)c1ccco1. The van der Waals surface area contributed by atoms with Crippen LogP contribution in [-0.2, 0) is 6.54 Å². The second-order valence-electron chi connectivity index (χ2n) is 4.40. The molecule has 0 aliphatic rings. The Hall–Kier alpha value is -1.59. The Morgan fingerprint density at radius 1 is 1.50 bits per heavy atom. The lowest BCUT2D eigenvalue weighted by Crippen LogP contribution is -2.31. The summed E-state index contributed by atoms with van der Waals surface area (Å²) >= 11 is 0. The molecular formula is C13H19N3O2. The number of aliphatic hydroxyl groups excluding tert-OH is 1. The quantitative estimate of drug-likeness (QED) is 0.782. The van der Waals surface area contributed by atoms with Crippen LogP contribution in [0.1, 0.15) is 25.2 Å². The summed E-state index contributed by atoms with van der Waals surface area (Å²) in [5.41, 5.74) is 0. The molecule has 2 atom stereocenters. The molecule has 2 aromatic heterocycles. The molecule has 98 valence electrons. The maximum Gasteiger partial charge on any atom is 0.133 e. The Morgan fingerprint density at radius 3 is 3.06 bits per heavy atom. The van der Waals surface area contributed by atoms with Crippen LogP contribution in [0.3, 0.4) is 0 Å². The smallest absolute Gasteiger partial charge is 0.133 e. The summed E-state index contributed by atoms with van der Waals surface area (Å²) in [7, 11) is 0. The average molecular weight is 249 g/mol. The second-order valence-corrected chi connectivity index (χ2v) is 4.40. The van der Waals surface area contributed by atoms with Crippen molar-refractivity contribution in [3.63, 3.8) is 0 Å². The van der Waals surface area contributed by atoms with Gasteiger partial charge in [0.2, 0.25) is 0 Å². The van der Waals surface area contributed by atoms with Crippen molar-refractivity contribution in [3.8, 4) is 0 Å². The Morgan fingerprint density at radius 2 is 2.39 bits per heavy atom. The highest BCUT2D eigenvalue weighted by Gasteiger charge is 2.11. The first-order valence-corrected chi connectivity index (χ1v) is 6.18. The molecule has 18 heavy (non-hydrogen) atoms. The summed E-state index contributed by atoms with van der Waals surface area (Å²) in [4.78, 5) is 0. The molecular weight excluding hydrogens is 230 g/mol. The fraction of sp³-hybridized carbons (Fsp3) is 0.462. The Kier molecular flexibility index (Phi) is 4.55. The number of aliphatic hydroxyl groups is 1. The van der Waals surface area contributed by atoms with Crippen LogP contribution in [0.5, 0.6) is 0 Å². The minimum atomic E-state index is -0.591. The van der Waals surface area contributed by atoms with Crippen molar-refractivity contribution < 1.29 is 9.52 Å². The van der Waals surface area contributed by atoms with E-state index in [9.17, 15) is 5.11 Å². The molecule has 0 aromatic carbocycles. The second kappa shape index (κ2) is 6.37. The van der Waals surface area contributed by atoms with Gasteiger partial charge in [0.15, 0.2) is 0 Å². The van der Waals surface area contributed by atoms with Gasteiger partial charge in [-0.25, -0.2) is 0 Å². The first kappa shape index (κ1) is 12.9. The van der Waals surface area contributed by atoms with E-state index in [0.29, 0.717) is 18.3 Å². The van der Waals surface area contributed by atoms with Gasteiger partial charge in [-0.3, -0.25) is 4.68 Å². The van der Waals surface area contributed by atoms with Crippen molar-refractivity contribution in [1.82, 2.24) is 15.1 Å². The zero-order valence-corrected chi connectivity index (χ0v) is 10.5. The van der Waals surface area contributed by atoms with Gasteiger partial charge in [-0.1, -0.05) is 0 Å². The number of nitrogens with one attached hydrogen (secondary N) is 1. The molecule has 5 heteroatoms. The molecule has 2 heterocycles. The molecule has 0 fully saturated rings. The largest absolute Gasteiger partial charge is 0.467 e. The number of aromatic nitrogens is 2. The fourth-order valence-corrected chi connectivity index (χ4v) is 1.75. The van der Waals surface area contributed by atoms with Crippen LogP contribution < -0.4 is 5.32 Å². The zero-order valence-electron chi connectivity index (χ0n) is 10.5. The monoisotopic (exact) mass is 249 g/mol. The highest BCUT2D eigenvalue weighted by molar-refractivity contribution is 5.02. The van der Waals surface area contributed by atoms with Gasteiger partial charge in [-0.2, -0.15) is 5.10 Å². The predicted octanol–water partition coefficient (Wildman–Crippen LogP) is 1.58. The van der Waals surface area contributed by atoms with Gasteiger partial charge in [0.05, 0.1) is 6.26 Å². The van der Waals surface area contributed by atoms with Crippen molar-refractivity contribution in [2.45, 2.75) is 32.0 Å². The summed E-state index contributed by atoms with van der Waals surface area (Å²) in [6.45, 7) is 3.46. The van der Waals surface area contributed by atoms with Crippen molar-refractivity contribution in [2.75, 3.05) is 6.54 Å². The van der Waals surface area contributed by atoms with Crippen molar-refractivity contribution in [2.24, 2.45) is 0 Å². The minimum absolute atomic E-state index is 0.318. The number of rotatable bonds is 7. The average Bonchev–Trinajstić information content (AvgIpc) is 3.05. The molecule has 0 aliphatic heterocycles. The van der Waals surface area contributed by atoms with E-state index in [4.69, 9.17) is 4.42 Å². The third-order valence-corrected chi connectivity index (χ3v) is 2.88. The molecule has 0 amide bonds. The summed E-state index contributed by atoms with van der Waals surface area (Å²) in [5, 5.41) is 17.3. The Labute approximate surface area is 106 Å². The molecule has 2 aromatic rings. The highest BCUT2D eigenvalue weighted by Crippen LogP contribution is 2.12. The number of hydrogen-bond acceptors (Lipinski definition) is 4. The van der Waals surface area contributed by atoms with E-state index in [0.717, 1.165) is 13.0 Å². The first-order chi connectivity index (χ1) is 8.75. The third-order valence-electron chi connectivity index (χ3n) is 2.88. The summed E-state index contributed by atoms with van der Waals surface area (Å²) in [6, 6.07) is 5.79. The molecule has 0 bridgehead atoms. The molecule has 0 saturated heterocycles. The number of aryl methyl sites for hydroxylation is 1. The summed E-state index contributed by atoms with van der Waals surface area (Å²) in [6.07, 6.45) is 5.67. The summed E-state index contributed by atoms with van der Waals surface area (Å²) < 4.78 is 7.05. The maximum absolute atomic E-state index is 9.84. The Balaban J connectivity index is 1.67. The molecule has 0 aliphatic carbocycles. The molecule has 2 rings (SSSR count). The minimum Gasteiger partial charge on any atom is -0.467 e. The number of hydrogen-bond donors (Lipinski definition) is 2. The first-order valence-electron chi connectivity index (χ1n) is 6.18. The highest BCUT2D eigenvalue weighted by atomic mass is 16.4. The number of nitrogens with zero attached hydrogens (tertiary/aromatic N) is 2. The van der Waals surface area contributed by atoms with Crippen LogP contribution in [-0.4, -0.2) is 27.5 Å². The molecule has 0 saturated carbocycles.